The summed E-state index contributed by atoms with van der Waals surface area (Å²) in [6, 6.07) is 1.13. The van der Waals surface area contributed by atoms with E-state index in [9.17, 15) is 17.2 Å². The molecule has 0 N–H and O–H groups in total. The molecule has 0 saturated carbocycles. The van der Waals surface area contributed by atoms with Gasteiger partial charge in [-0.25, -0.2) is 17.2 Å². The van der Waals surface area contributed by atoms with Crippen molar-refractivity contribution in [3.05, 3.63) is 36.4 Å². The lowest BCUT2D eigenvalue weighted by atomic mass is 10.3. The largest absolute Gasteiger partial charge is 0.489 e. The summed E-state index contributed by atoms with van der Waals surface area (Å²) in [5, 5.41) is 0. The van der Waals surface area contributed by atoms with Crippen molar-refractivity contribution in [2.24, 2.45) is 0 Å². The Morgan fingerprint density at radius 1 is 1.41 bits per heavy atom. The molecule has 0 unspecified atom stereocenters. The van der Waals surface area contributed by atoms with Crippen LogP contribution in [0.25, 0.3) is 0 Å². The van der Waals surface area contributed by atoms with Crippen molar-refractivity contribution >= 4 is 19.7 Å². The Morgan fingerprint density at radius 3 is 2.59 bits per heavy atom. The van der Waals surface area contributed by atoms with Crippen molar-refractivity contribution in [3.8, 4) is 5.75 Å². The molecule has 1 aromatic carbocycles. The Morgan fingerprint density at radius 2 is 2.06 bits per heavy atom. The quantitative estimate of drug-likeness (QED) is 0.474. The molecule has 0 aliphatic rings. The third-order valence-electron chi connectivity index (χ3n) is 1.81. The minimum Gasteiger partial charge on any atom is -0.489 e. The Kier molecular flexibility index (Phi) is 4.47. The van der Waals surface area contributed by atoms with Crippen molar-refractivity contribution in [2.45, 2.75) is 11.3 Å². The van der Waals surface area contributed by atoms with Crippen LogP contribution < -0.4 is 4.74 Å². The van der Waals surface area contributed by atoms with Crippen molar-refractivity contribution in [1.82, 2.24) is 0 Å². The Balaban J connectivity index is 3.21. The first-order valence-corrected chi connectivity index (χ1v) is 6.84. The third-order valence-corrected chi connectivity index (χ3v) is 3.13. The molecule has 0 aliphatic heterocycles. The molecule has 1 aromatic rings. The number of hydrogen-bond acceptors (Lipinski definition) is 3. The molecule has 0 aromatic heterocycles. The summed E-state index contributed by atoms with van der Waals surface area (Å²) >= 11 is 0. The number of rotatable bonds is 5. The maximum Gasteiger partial charge on any atom is 0.265 e. The van der Waals surface area contributed by atoms with Crippen LogP contribution in [0.5, 0.6) is 5.75 Å². The van der Waals surface area contributed by atoms with E-state index in [1.165, 1.54) is 6.08 Å². The third kappa shape index (κ3) is 3.67. The molecule has 17 heavy (non-hydrogen) atoms. The van der Waals surface area contributed by atoms with E-state index in [0.29, 0.717) is 18.6 Å². The highest BCUT2D eigenvalue weighted by Gasteiger charge is 2.22. The molecular formula is C10H9ClF2O3S. The SMILES string of the molecule is C=CCCOc1c(F)cc(F)cc1S(=O)(=O)Cl. The second-order valence-electron chi connectivity index (χ2n) is 3.08. The Labute approximate surface area is 102 Å². The molecule has 3 nitrogen and oxygen atoms in total. The highest BCUT2D eigenvalue weighted by molar-refractivity contribution is 8.13. The first-order chi connectivity index (χ1) is 7.86. The van der Waals surface area contributed by atoms with E-state index in [2.05, 4.69) is 6.58 Å². The standard InChI is InChI=1S/C10H9ClF2O3S/c1-2-3-4-16-10-8(13)5-7(12)6-9(10)17(11,14)15/h2,5-6H,1,3-4H2. The minimum atomic E-state index is -4.27. The van der Waals surface area contributed by atoms with Crippen LogP contribution in [0.1, 0.15) is 6.42 Å². The van der Waals surface area contributed by atoms with Crippen molar-refractivity contribution < 1.29 is 21.9 Å². The summed E-state index contributed by atoms with van der Waals surface area (Å²) in [4.78, 5) is -0.722. The van der Waals surface area contributed by atoms with E-state index >= 15 is 0 Å². The molecule has 0 radical (unpaired) electrons. The molecule has 1 rings (SSSR count). The fraction of sp³-hybridized carbons (Fsp3) is 0.200. The highest BCUT2D eigenvalue weighted by Crippen LogP contribution is 2.30. The van der Waals surface area contributed by atoms with Gasteiger partial charge < -0.3 is 4.74 Å². The van der Waals surface area contributed by atoms with E-state index in [4.69, 9.17) is 15.4 Å². The van der Waals surface area contributed by atoms with Crippen LogP contribution in [-0.4, -0.2) is 15.0 Å². The summed E-state index contributed by atoms with van der Waals surface area (Å²) < 4.78 is 53.4. The fourth-order valence-electron chi connectivity index (χ4n) is 1.10. The molecule has 0 heterocycles. The van der Waals surface area contributed by atoms with Gasteiger partial charge in [0, 0.05) is 16.7 Å². The van der Waals surface area contributed by atoms with Gasteiger partial charge in [-0.15, -0.1) is 6.58 Å². The van der Waals surface area contributed by atoms with E-state index in [0.717, 1.165) is 0 Å². The van der Waals surface area contributed by atoms with Crippen LogP contribution in [0.4, 0.5) is 8.78 Å². The normalized spacial score (nSPS) is 11.2. The molecule has 0 aliphatic carbocycles. The van der Waals surface area contributed by atoms with Gasteiger partial charge in [0.15, 0.2) is 11.6 Å². The van der Waals surface area contributed by atoms with Crippen LogP contribution in [0.3, 0.4) is 0 Å². The monoisotopic (exact) mass is 282 g/mol. The second kappa shape index (κ2) is 5.46. The maximum atomic E-state index is 13.4. The zero-order valence-electron chi connectivity index (χ0n) is 8.62. The zero-order chi connectivity index (χ0) is 13.1. The fourth-order valence-corrected chi connectivity index (χ4v) is 2.08. The van der Waals surface area contributed by atoms with Crippen molar-refractivity contribution in [1.29, 1.82) is 0 Å². The molecule has 0 amide bonds. The van der Waals surface area contributed by atoms with Crippen LogP contribution in [-0.2, 0) is 9.05 Å². The number of halogens is 3. The van der Waals surface area contributed by atoms with Crippen LogP contribution in [0.2, 0.25) is 0 Å². The summed E-state index contributed by atoms with van der Waals surface area (Å²) in [5.74, 6) is -2.74. The first kappa shape index (κ1) is 13.9. The molecule has 94 valence electrons. The van der Waals surface area contributed by atoms with E-state index < -0.39 is 31.3 Å². The summed E-state index contributed by atoms with van der Waals surface area (Å²) in [6.07, 6.45) is 1.90. The van der Waals surface area contributed by atoms with Crippen LogP contribution >= 0.6 is 10.7 Å². The molecule has 0 fully saturated rings. The van der Waals surface area contributed by atoms with Crippen LogP contribution in [0.15, 0.2) is 29.7 Å². The van der Waals surface area contributed by atoms with Crippen LogP contribution in [0, 0.1) is 11.6 Å². The van der Waals surface area contributed by atoms with E-state index in [1.54, 1.807) is 0 Å². The predicted octanol–water partition coefficient (Wildman–Crippen LogP) is 2.85. The van der Waals surface area contributed by atoms with Gasteiger partial charge in [-0.2, -0.15) is 0 Å². The van der Waals surface area contributed by atoms with Gasteiger partial charge in [-0.3, -0.25) is 0 Å². The summed E-state index contributed by atoms with van der Waals surface area (Å²) in [5.41, 5.74) is 0. The lowest BCUT2D eigenvalue weighted by Gasteiger charge is -2.09. The molecule has 0 atom stereocenters. The second-order valence-corrected chi connectivity index (χ2v) is 5.61. The smallest absolute Gasteiger partial charge is 0.265 e. The highest BCUT2D eigenvalue weighted by atomic mass is 35.7. The van der Waals surface area contributed by atoms with Gasteiger partial charge in [0.25, 0.3) is 9.05 Å². The summed E-state index contributed by atoms with van der Waals surface area (Å²) in [6.45, 7) is 3.44. The number of benzene rings is 1. The minimum absolute atomic E-state index is 0.0193. The zero-order valence-corrected chi connectivity index (χ0v) is 10.2. The molecule has 0 saturated heterocycles. The molecule has 0 spiro atoms. The van der Waals surface area contributed by atoms with Gasteiger partial charge in [-0.1, -0.05) is 6.08 Å². The Bertz CT molecular complexity index is 529. The van der Waals surface area contributed by atoms with Gasteiger partial charge in [0.05, 0.1) is 6.61 Å². The number of hydrogen-bond donors (Lipinski definition) is 0. The molecular weight excluding hydrogens is 274 g/mol. The van der Waals surface area contributed by atoms with E-state index in [1.807, 2.05) is 0 Å². The molecule has 0 bridgehead atoms. The van der Waals surface area contributed by atoms with Gasteiger partial charge >= 0.3 is 0 Å². The van der Waals surface area contributed by atoms with Crippen molar-refractivity contribution in [2.75, 3.05) is 6.61 Å². The lowest BCUT2D eigenvalue weighted by Crippen LogP contribution is -2.04. The molecule has 7 heteroatoms. The van der Waals surface area contributed by atoms with Gasteiger partial charge in [0.1, 0.15) is 10.7 Å². The maximum absolute atomic E-state index is 13.4. The Hall–Kier alpha value is -1.14. The average molecular weight is 283 g/mol. The van der Waals surface area contributed by atoms with Gasteiger partial charge in [-0.05, 0) is 12.5 Å². The first-order valence-electron chi connectivity index (χ1n) is 4.53. The predicted molar refractivity (Wildman–Crippen MR) is 59.7 cm³/mol. The number of ether oxygens (including phenoxy) is 1. The average Bonchev–Trinajstić information content (AvgIpc) is 2.19. The lowest BCUT2D eigenvalue weighted by molar-refractivity contribution is 0.298. The van der Waals surface area contributed by atoms with Crippen molar-refractivity contribution in [3.63, 3.8) is 0 Å². The summed E-state index contributed by atoms with van der Waals surface area (Å²) in [7, 11) is 0.785. The topological polar surface area (TPSA) is 43.4 Å². The van der Waals surface area contributed by atoms with E-state index in [-0.39, 0.29) is 6.61 Å². The van der Waals surface area contributed by atoms with Gasteiger partial charge in [0.2, 0.25) is 0 Å².